The molecule has 0 bridgehead atoms. The van der Waals surface area contributed by atoms with Crippen molar-refractivity contribution in [3.63, 3.8) is 0 Å². The number of aryl methyl sites for hydroxylation is 2. The normalized spacial score (nSPS) is 17.9. The number of para-hydroxylation sites is 1. The third kappa shape index (κ3) is 3.02. The van der Waals surface area contributed by atoms with Gasteiger partial charge >= 0.3 is 0 Å². The molecule has 0 saturated carbocycles. The van der Waals surface area contributed by atoms with Gasteiger partial charge in [0.15, 0.2) is 0 Å². The van der Waals surface area contributed by atoms with Gasteiger partial charge in [-0.25, -0.2) is 0 Å². The molecule has 1 saturated heterocycles. The van der Waals surface area contributed by atoms with Crippen LogP contribution in [0.3, 0.4) is 0 Å². The third-order valence-electron chi connectivity index (χ3n) is 6.08. The zero-order valence-electron chi connectivity index (χ0n) is 17.8. The number of nitrogens with zero attached hydrogens (tertiary/aromatic N) is 1. The van der Waals surface area contributed by atoms with Gasteiger partial charge in [-0.05, 0) is 43.2 Å². The molecule has 2 heterocycles. The van der Waals surface area contributed by atoms with Gasteiger partial charge in [-0.15, -0.1) is 0 Å². The first-order valence-corrected chi connectivity index (χ1v) is 10.5. The molecule has 1 atom stereocenters. The molecular formula is C27H22N2O3. The van der Waals surface area contributed by atoms with E-state index in [1.165, 1.54) is 4.90 Å². The lowest BCUT2D eigenvalue weighted by Crippen LogP contribution is -2.29. The van der Waals surface area contributed by atoms with Crippen LogP contribution >= 0.6 is 0 Å². The molecule has 1 aromatic heterocycles. The smallest absolute Gasteiger partial charge is 0.300 e. The Bertz CT molecular complexity index is 1400. The van der Waals surface area contributed by atoms with Crippen LogP contribution in [-0.2, 0) is 9.59 Å². The quantitative estimate of drug-likeness (QED) is 0.263. The van der Waals surface area contributed by atoms with Crippen LogP contribution in [0.25, 0.3) is 16.7 Å². The molecule has 1 unspecified atom stereocenters. The van der Waals surface area contributed by atoms with Gasteiger partial charge < -0.3 is 10.1 Å². The van der Waals surface area contributed by atoms with Crippen LogP contribution in [-0.4, -0.2) is 21.8 Å². The largest absolute Gasteiger partial charge is 0.507 e. The van der Waals surface area contributed by atoms with E-state index in [-0.39, 0.29) is 11.3 Å². The minimum absolute atomic E-state index is 0.0922. The molecule has 0 radical (unpaired) electrons. The lowest BCUT2D eigenvalue weighted by atomic mass is 9.92. The minimum atomic E-state index is -0.729. The Labute approximate surface area is 185 Å². The van der Waals surface area contributed by atoms with Crippen LogP contribution in [0.4, 0.5) is 5.69 Å². The molecule has 1 fully saturated rings. The standard InChI is InChI=1S/C27H22N2O3/c1-16-11-13-18(14-12-16)29-24(19-8-4-3-7-17(19)2)23(26(31)27(29)32)25(30)21-15-28-22-10-6-5-9-20(21)22/h3-15,24,28,30H,1-2H3/b25-23+. The summed E-state index contributed by atoms with van der Waals surface area (Å²) in [5.41, 5.74) is 4.83. The van der Waals surface area contributed by atoms with E-state index in [2.05, 4.69) is 4.98 Å². The van der Waals surface area contributed by atoms with Crippen molar-refractivity contribution in [1.82, 2.24) is 4.98 Å². The summed E-state index contributed by atoms with van der Waals surface area (Å²) in [7, 11) is 0. The van der Waals surface area contributed by atoms with Crippen LogP contribution in [0.15, 0.2) is 84.6 Å². The highest BCUT2D eigenvalue weighted by atomic mass is 16.3. The average Bonchev–Trinajstić information content (AvgIpc) is 3.34. The molecule has 0 aliphatic carbocycles. The van der Waals surface area contributed by atoms with Gasteiger partial charge in [-0.2, -0.15) is 0 Å². The van der Waals surface area contributed by atoms with E-state index in [0.717, 1.165) is 27.6 Å². The topological polar surface area (TPSA) is 73.4 Å². The fourth-order valence-corrected chi connectivity index (χ4v) is 4.40. The number of carbonyl (C=O) groups excluding carboxylic acids is 2. The summed E-state index contributed by atoms with van der Waals surface area (Å²) in [6, 6.07) is 21.9. The molecule has 2 N–H and O–H groups in total. The van der Waals surface area contributed by atoms with Gasteiger partial charge in [0.1, 0.15) is 5.76 Å². The summed E-state index contributed by atoms with van der Waals surface area (Å²) < 4.78 is 0. The van der Waals surface area contributed by atoms with Gasteiger partial charge in [0.25, 0.3) is 11.7 Å². The van der Waals surface area contributed by atoms with E-state index in [4.69, 9.17) is 0 Å². The van der Waals surface area contributed by atoms with Crippen LogP contribution in [0, 0.1) is 13.8 Å². The number of H-pyrrole nitrogens is 1. The number of amides is 1. The Balaban J connectivity index is 1.78. The minimum Gasteiger partial charge on any atom is -0.507 e. The molecule has 5 rings (SSSR count). The Morgan fingerprint density at radius 1 is 0.906 bits per heavy atom. The highest BCUT2D eigenvalue weighted by molar-refractivity contribution is 6.51. The number of benzene rings is 3. The van der Waals surface area contributed by atoms with E-state index in [0.29, 0.717) is 11.3 Å². The number of aliphatic hydroxyl groups is 1. The van der Waals surface area contributed by atoms with Crippen molar-refractivity contribution < 1.29 is 14.7 Å². The first-order chi connectivity index (χ1) is 15.5. The zero-order valence-corrected chi connectivity index (χ0v) is 17.8. The summed E-state index contributed by atoms with van der Waals surface area (Å²) in [6.07, 6.45) is 1.67. The van der Waals surface area contributed by atoms with E-state index in [1.54, 1.807) is 6.20 Å². The summed E-state index contributed by atoms with van der Waals surface area (Å²) in [4.78, 5) is 31.2. The molecule has 0 spiro atoms. The molecule has 1 amide bonds. The van der Waals surface area contributed by atoms with Crippen molar-refractivity contribution in [3.05, 3.63) is 107 Å². The Kier molecular flexibility index (Phi) is 4.67. The summed E-state index contributed by atoms with van der Waals surface area (Å²) in [6.45, 7) is 3.91. The number of anilines is 1. The molecule has 4 aromatic rings. The van der Waals surface area contributed by atoms with Crippen LogP contribution in [0.5, 0.6) is 0 Å². The molecule has 1 aliphatic heterocycles. The van der Waals surface area contributed by atoms with E-state index >= 15 is 0 Å². The highest BCUT2D eigenvalue weighted by Crippen LogP contribution is 2.43. The van der Waals surface area contributed by atoms with Crippen molar-refractivity contribution in [1.29, 1.82) is 0 Å². The van der Waals surface area contributed by atoms with E-state index in [9.17, 15) is 14.7 Å². The van der Waals surface area contributed by atoms with Crippen molar-refractivity contribution in [2.24, 2.45) is 0 Å². The Morgan fingerprint density at radius 3 is 2.34 bits per heavy atom. The summed E-state index contributed by atoms with van der Waals surface area (Å²) in [5.74, 6) is -1.52. The Hall–Kier alpha value is -4.12. The maximum atomic E-state index is 13.3. The second kappa shape index (κ2) is 7.54. The lowest BCUT2D eigenvalue weighted by molar-refractivity contribution is -0.132. The third-order valence-corrected chi connectivity index (χ3v) is 6.08. The molecule has 3 aromatic carbocycles. The van der Waals surface area contributed by atoms with Gasteiger partial charge in [-0.1, -0.05) is 60.2 Å². The maximum absolute atomic E-state index is 13.3. The van der Waals surface area contributed by atoms with E-state index in [1.807, 2.05) is 86.6 Å². The number of aliphatic hydroxyl groups excluding tert-OH is 1. The highest BCUT2D eigenvalue weighted by Gasteiger charge is 2.47. The zero-order chi connectivity index (χ0) is 22.4. The number of hydrogen-bond acceptors (Lipinski definition) is 3. The Morgan fingerprint density at radius 2 is 1.59 bits per heavy atom. The molecule has 5 nitrogen and oxygen atoms in total. The molecule has 158 valence electrons. The first-order valence-electron chi connectivity index (χ1n) is 10.5. The fourth-order valence-electron chi connectivity index (χ4n) is 4.40. The number of aromatic amines is 1. The molecular weight excluding hydrogens is 400 g/mol. The van der Waals surface area contributed by atoms with Crippen LogP contribution in [0.1, 0.15) is 28.3 Å². The SMILES string of the molecule is Cc1ccc(N2C(=O)C(=O)/C(=C(/O)c3c[nH]c4ccccc34)C2c2ccccc2C)cc1. The second-order valence-electron chi connectivity index (χ2n) is 8.11. The second-order valence-corrected chi connectivity index (χ2v) is 8.11. The number of rotatable bonds is 3. The van der Waals surface area contributed by atoms with Crippen molar-refractivity contribution >= 4 is 34.0 Å². The number of nitrogens with one attached hydrogen (secondary N) is 1. The summed E-state index contributed by atoms with van der Waals surface area (Å²) in [5, 5.41) is 12.2. The fraction of sp³-hybridized carbons (Fsp3) is 0.111. The summed E-state index contributed by atoms with van der Waals surface area (Å²) >= 11 is 0. The predicted molar refractivity (Wildman–Crippen MR) is 125 cm³/mol. The van der Waals surface area contributed by atoms with E-state index < -0.39 is 17.7 Å². The van der Waals surface area contributed by atoms with Gasteiger partial charge in [0.2, 0.25) is 0 Å². The van der Waals surface area contributed by atoms with Crippen molar-refractivity contribution in [2.45, 2.75) is 19.9 Å². The van der Waals surface area contributed by atoms with Crippen molar-refractivity contribution in [3.8, 4) is 0 Å². The molecule has 5 heteroatoms. The lowest BCUT2D eigenvalue weighted by Gasteiger charge is -2.26. The average molecular weight is 422 g/mol. The molecule has 1 aliphatic rings. The number of aromatic nitrogens is 1. The van der Waals surface area contributed by atoms with Gasteiger partial charge in [-0.3, -0.25) is 14.5 Å². The van der Waals surface area contributed by atoms with Gasteiger partial charge in [0.05, 0.1) is 11.6 Å². The first kappa shape index (κ1) is 19.8. The van der Waals surface area contributed by atoms with Gasteiger partial charge in [0, 0.05) is 28.4 Å². The number of Topliss-reactive ketones (excluding diaryl/α,β-unsaturated/α-hetero) is 1. The van der Waals surface area contributed by atoms with Crippen LogP contribution in [0.2, 0.25) is 0 Å². The predicted octanol–water partition coefficient (Wildman–Crippen LogP) is 5.41. The van der Waals surface area contributed by atoms with Crippen LogP contribution < -0.4 is 4.90 Å². The monoisotopic (exact) mass is 422 g/mol. The number of carbonyl (C=O) groups is 2. The number of ketones is 1. The number of fused-ring (bicyclic) bond motifs is 1. The maximum Gasteiger partial charge on any atom is 0.300 e. The molecule has 32 heavy (non-hydrogen) atoms. The van der Waals surface area contributed by atoms with Crippen molar-refractivity contribution in [2.75, 3.05) is 4.90 Å². The number of hydrogen-bond donors (Lipinski definition) is 2.